The maximum absolute atomic E-state index is 11.8. The summed E-state index contributed by atoms with van der Waals surface area (Å²) >= 11 is 0. The summed E-state index contributed by atoms with van der Waals surface area (Å²) in [6.45, 7) is 16.7. The Morgan fingerprint density at radius 2 is 1.56 bits per heavy atom. The number of benzene rings is 1. The van der Waals surface area contributed by atoms with Crippen molar-refractivity contribution in [1.82, 2.24) is 0 Å². The number of phenolic OH excluding ortho intramolecular Hbond substituents is 1. The van der Waals surface area contributed by atoms with Crippen LogP contribution in [0.2, 0.25) is 0 Å². The molecule has 240 valence electrons. The summed E-state index contributed by atoms with van der Waals surface area (Å²) < 4.78 is 38.2. The van der Waals surface area contributed by atoms with Gasteiger partial charge in [0.25, 0.3) is 0 Å². The normalized spacial score (nSPS) is 43.6. The molecule has 0 bridgehead atoms. The second-order valence-corrected chi connectivity index (χ2v) is 18.0. The average molecular weight is 615 g/mol. The topological polar surface area (TPSA) is 104 Å². The van der Waals surface area contributed by atoms with E-state index in [0.29, 0.717) is 24.2 Å². The predicted molar refractivity (Wildman–Crippen MR) is 169 cm³/mol. The molecule has 0 amide bonds. The molecular formula is C36H54O6S. The van der Waals surface area contributed by atoms with Crippen LogP contribution in [0.25, 0.3) is 0 Å². The lowest BCUT2D eigenvalue weighted by Gasteiger charge is -2.68. The standard InChI is InChI=1S/C36H54O6S/c1-22-9-8-16-32(2,3)24(22)12-17-35(6)28-13-18-34(5)27(33(28,4)20-15-30(35)38)14-19-36(7)29(34)21-23-25(37)10-11-26(31(23)36)42-43(39,40)41/h9-11,24,27-30,37-38H,8,12-21H2,1-7H3,(H,39,40,41). The Morgan fingerprint density at radius 1 is 0.907 bits per heavy atom. The fourth-order valence-electron chi connectivity index (χ4n) is 12.4. The Morgan fingerprint density at radius 3 is 2.23 bits per heavy atom. The van der Waals surface area contributed by atoms with E-state index in [-0.39, 0.29) is 50.6 Å². The van der Waals surface area contributed by atoms with Gasteiger partial charge in [0.1, 0.15) is 11.5 Å². The minimum absolute atomic E-state index is 0.00699. The number of allylic oxidation sites excluding steroid dienone is 2. The fraction of sp³-hybridized carbons (Fsp3) is 0.778. The molecule has 1 aromatic rings. The Hall–Kier alpha value is -1.57. The van der Waals surface area contributed by atoms with Gasteiger partial charge < -0.3 is 14.4 Å². The van der Waals surface area contributed by atoms with Gasteiger partial charge in [-0.3, -0.25) is 4.55 Å². The van der Waals surface area contributed by atoms with Crippen LogP contribution in [0.15, 0.2) is 23.8 Å². The van der Waals surface area contributed by atoms with Crippen LogP contribution in [0.4, 0.5) is 0 Å². The number of aliphatic hydroxyl groups excluding tert-OH is 1. The number of rotatable bonds is 5. The molecule has 0 saturated heterocycles. The summed E-state index contributed by atoms with van der Waals surface area (Å²) in [7, 11) is -4.69. The van der Waals surface area contributed by atoms with Crippen LogP contribution in [0.1, 0.15) is 124 Å². The summed E-state index contributed by atoms with van der Waals surface area (Å²) in [4.78, 5) is 0. The Kier molecular flexibility index (Phi) is 7.28. The third-order valence-corrected chi connectivity index (χ3v) is 14.9. The second-order valence-electron chi connectivity index (χ2n) is 16.9. The van der Waals surface area contributed by atoms with Crippen molar-refractivity contribution in [1.29, 1.82) is 0 Å². The lowest BCUT2D eigenvalue weighted by Crippen LogP contribution is -2.63. The molecule has 6 rings (SSSR count). The molecule has 1 aromatic carbocycles. The summed E-state index contributed by atoms with van der Waals surface area (Å²) in [5.74, 6) is 2.02. The maximum atomic E-state index is 11.8. The molecule has 0 spiro atoms. The van der Waals surface area contributed by atoms with Gasteiger partial charge in [0.2, 0.25) is 0 Å². The van der Waals surface area contributed by atoms with Crippen molar-refractivity contribution in [2.75, 3.05) is 0 Å². The summed E-state index contributed by atoms with van der Waals surface area (Å²) in [5, 5.41) is 22.7. The van der Waals surface area contributed by atoms with E-state index in [0.717, 1.165) is 62.5 Å². The van der Waals surface area contributed by atoms with Gasteiger partial charge in [-0.15, -0.1) is 0 Å². The first kappa shape index (κ1) is 31.4. The second kappa shape index (κ2) is 9.96. The molecule has 43 heavy (non-hydrogen) atoms. The molecule has 3 N–H and O–H groups in total. The lowest BCUT2D eigenvalue weighted by molar-refractivity contribution is -0.208. The van der Waals surface area contributed by atoms with E-state index in [2.05, 4.69) is 54.5 Å². The molecule has 0 aliphatic heterocycles. The molecule has 0 heterocycles. The maximum Gasteiger partial charge on any atom is 0.446 e. The van der Waals surface area contributed by atoms with Crippen molar-refractivity contribution < 1.29 is 27.4 Å². The van der Waals surface area contributed by atoms with E-state index < -0.39 is 10.4 Å². The Balaban J connectivity index is 1.32. The van der Waals surface area contributed by atoms with E-state index in [1.54, 1.807) is 0 Å². The first-order valence-corrected chi connectivity index (χ1v) is 18.1. The molecule has 5 aliphatic rings. The monoisotopic (exact) mass is 614 g/mol. The van der Waals surface area contributed by atoms with Gasteiger partial charge in [-0.2, -0.15) is 8.42 Å². The summed E-state index contributed by atoms with van der Waals surface area (Å²) in [6.07, 6.45) is 13.3. The lowest BCUT2D eigenvalue weighted by atomic mass is 9.36. The average Bonchev–Trinajstić information content (AvgIpc) is 3.22. The molecule has 3 saturated carbocycles. The number of hydrogen-bond donors (Lipinski definition) is 3. The van der Waals surface area contributed by atoms with Gasteiger partial charge in [-0.25, -0.2) is 0 Å². The Bertz CT molecular complexity index is 1430. The molecule has 0 aromatic heterocycles. The fourth-order valence-corrected chi connectivity index (χ4v) is 12.8. The highest BCUT2D eigenvalue weighted by atomic mass is 32.3. The van der Waals surface area contributed by atoms with Gasteiger partial charge in [0.15, 0.2) is 0 Å². The number of phenols is 1. The van der Waals surface area contributed by atoms with Crippen molar-refractivity contribution in [2.24, 2.45) is 45.3 Å². The van der Waals surface area contributed by atoms with Crippen LogP contribution >= 0.6 is 0 Å². The van der Waals surface area contributed by atoms with Crippen molar-refractivity contribution in [3.8, 4) is 11.5 Å². The largest absolute Gasteiger partial charge is 0.508 e. The van der Waals surface area contributed by atoms with Gasteiger partial charge in [0, 0.05) is 16.5 Å². The predicted octanol–water partition coefficient (Wildman–Crippen LogP) is 8.16. The zero-order chi connectivity index (χ0) is 31.4. The van der Waals surface area contributed by atoms with Crippen molar-refractivity contribution in [2.45, 2.75) is 131 Å². The van der Waals surface area contributed by atoms with Crippen molar-refractivity contribution in [3.05, 3.63) is 34.9 Å². The van der Waals surface area contributed by atoms with Crippen LogP contribution in [0, 0.1) is 45.3 Å². The van der Waals surface area contributed by atoms with Gasteiger partial charge in [-0.1, -0.05) is 53.2 Å². The van der Waals surface area contributed by atoms with Crippen LogP contribution in [0.5, 0.6) is 11.5 Å². The Labute approximate surface area is 259 Å². The first-order valence-electron chi connectivity index (χ1n) is 16.7. The summed E-state index contributed by atoms with van der Waals surface area (Å²) in [5.41, 5.74) is 2.93. The van der Waals surface area contributed by atoms with E-state index in [9.17, 15) is 23.2 Å². The first-order chi connectivity index (χ1) is 19.9. The van der Waals surface area contributed by atoms with E-state index >= 15 is 0 Å². The van der Waals surface area contributed by atoms with E-state index in [4.69, 9.17) is 4.18 Å². The molecule has 0 radical (unpaired) electrons. The van der Waals surface area contributed by atoms with Crippen LogP contribution in [-0.2, 0) is 22.2 Å². The molecule has 6 nitrogen and oxygen atoms in total. The van der Waals surface area contributed by atoms with Crippen molar-refractivity contribution >= 4 is 10.4 Å². The highest BCUT2D eigenvalue weighted by Crippen LogP contribution is 2.74. The quantitative estimate of drug-likeness (QED) is 0.228. The molecular weight excluding hydrogens is 560 g/mol. The number of fused-ring (bicyclic) bond motifs is 7. The van der Waals surface area contributed by atoms with Gasteiger partial charge in [0.05, 0.1) is 6.10 Å². The minimum Gasteiger partial charge on any atom is -0.508 e. The minimum atomic E-state index is -4.69. The molecule has 9 atom stereocenters. The van der Waals surface area contributed by atoms with Crippen LogP contribution < -0.4 is 4.18 Å². The van der Waals surface area contributed by atoms with Gasteiger partial charge in [-0.05, 0) is 135 Å². The third-order valence-electron chi connectivity index (χ3n) is 14.5. The van der Waals surface area contributed by atoms with E-state index in [1.165, 1.54) is 30.5 Å². The number of hydrogen-bond acceptors (Lipinski definition) is 5. The molecule has 9 unspecified atom stereocenters. The van der Waals surface area contributed by atoms with Crippen LogP contribution in [-0.4, -0.2) is 29.3 Å². The zero-order valence-corrected chi connectivity index (χ0v) is 28.2. The summed E-state index contributed by atoms with van der Waals surface area (Å²) in [6, 6.07) is 2.98. The third kappa shape index (κ3) is 4.64. The van der Waals surface area contributed by atoms with Crippen LogP contribution in [0.3, 0.4) is 0 Å². The SMILES string of the molecule is CC1=CCCC(C)(C)C1CCC1(C)C(O)CCC2(C)C1CCC1(C)C3Cc4c(O)ccc(OS(=O)(=O)O)c4C3(C)CCC12. The number of aliphatic hydroxyl groups is 1. The molecule has 7 heteroatoms. The smallest absolute Gasteiger partial charge is 0.446 e. The number of aromatic hydroxyl groups is 1. The zero-order valence-electron chi connectivity index (χ0n) is 27.4. The highest BCUT2D eigenvalue weighted by Gasteiger charge is 2.67. The van der Waals surface area contributed by atoms with Gasteiger partial charge >= 0.3 is 10.4 Å². The molecule has 5 aliphatic carbocycles. The van der Waals surface area contributed by atoms with E-state index in [1.807, 2.05) is 0 Å². The molecule has 3 fully saturated rings. The van der Waals surface area contributed by atoms with Crippen molar-refractivity contribution in [3.63, 3.8) is 0 Å². The highest BCUT2D eigenvalue weighted by molar-refractivity contribution is 7.81.